The second kappa shape index (κ2) is 7.28. The van der Waals surface area contributed by atoms with Gasteiger partial charge in [-0.2, -0.15) is 0 Å². The molecule has 2 aromatic rings. The molecule has 1 aliphatic rings. The van der Waals surface area contributed by atoms with Gasteiger partial charge in [-0.05, 0) is 11.6 Å². The first-order valence-electron chi connectivity index (χ1n) is 8.00. The van der Waals surface area contributed by atoms with Crippen molar-refractivity contribution in [3.8, 4) is 5.75 Å². The quantitative estimate of drug-likeness (QED) is 0.601. The van der Waals surface area contributed by atoms with Crippen LogP contribution in [0.1, 0.15) is 11.3 Å². The predicted molar refractivity (Wildman–Crippen MR) is 94.7 cm³/mol. The fourth-order valence-electron chi connectivity index (χ4n) is 2.45. The van der Waals surface area contributed by atoms with Crippen LogP contribution >= 0.6 is 0 Å². The Bertz CT molecular complexity index is 967. The molecule has 1 aromatic heterocycles. The lowest BCUT2D eigenvalue weighted by Crippen LogP contribution is -2.52. The number of amides is 4. The van der Waals surface area contributed by atoms with Gasteiger partial charge in [0.15, 0.2) is 0 Å². The molecule has 1 aromatic carbocycles. The van der Waals surface area contributed by atoms with Crippen molar-refractivity contribution in [2.45, 2.75) is 6.61 Å². The molecule has 0 bridgehead atoms. The Morgan fingerprint density at radius 1 is 1.00 bits per heavy atom. The van der Waals surface area contributed by atoms with E-state index in [2.05, 4.69) is 0 Å². The number of ether oxygens (including phenoxy) is 1. The Balaban J connectivity index is 1.82. The molecular formula is C19H16N2O6. The molecule has 8 heteroatoms. The second-order valence-electron chi connectivity index (χ2n) is 5.85. The van der Waals surface area contributed by atoms with Crippen LogP contribution in [0, 0.1) is 0 Å². The third-order valence-corrected chi connectivity index (χ3v) is 3.99. The van der Waals surface area contributed by atoms with Gasteiger partial charge in [0.2, 0.25) is 11.2 Å². The van der Waals surface area contributed by atoms with Gasteiger partial charge in [0, 0.05) is 20.2 Å². The fraction of sp³-hybridized carbons (Fsp3) is 0.158. The lowest BCUT2D eigenvalue weighted by molar-refractivity contribution is -0.134. The maximum atomic E-state index is 12.2. The van der Waals surface area contributed by atoms with Gasteiger partial charge in [-0.15, -0.1) is 0 Å². The van der Waals surface area contributed by atoms with Crippen LogP contribution in [-0.2, 0) is 16.2 Å². The van der Waals surface area contributed by atoms with Crippen molar-refractivity contribution in [3.63, 3.8) is 0 Å². The topological polar surface area (TPSA) is 97.1 Å². The van der Waals surface area contributed by atoms with Crippen molar-refractivity contribution in [3.05, 3.63) is 69.8 Å². The van der Waals surface area contributed by atoms with E-state index < -0.39 is 23.3 Å². The lowest BCUT2D eigenvalue weighted by Gasteiger charge is -2.28. The van der Waals surface area contributed by atoms with Gasteiger partial charge in [0.05, 0.1) is 0 Å². The van der Waals surface area contributed by atoms with Gasteiger partial charge in [0.25, 0.3) is 11.8 Å². The smallest absolute Gasteiger partial charge is 0.333 e. The highest BCUT2D eigenvalue weighted by atomic mass is 16.5. The van der Waals surface area contributed by atoms with Crippen LogP contribution in [0.4, 0.5) is 4.79 Å². The SMILES string of the molecule is CN1C(=O)C(=Cc2cc(=O)c(OCc3ccccc3)co2)C(=O)N(C)C1=O. The molecular weight excluding hydrogens is 352 g/mol. The molecule has 1 aliphatic heterocycles. The van der Waals surface area contributed by atoms with E-state index in [1.807, 2.05) is 30.3 Å². The van der Waals surface area contributed by atoms with E-state index in [9.17, 15) is 19.2 Å². The number of hydrogen-bond donors (Lipinski definition) is 0. The minimum Gasteiger partial charge on any atom is -0.482 e. The minimum absolute atomic E-state index is 0.0000832. The maximum Gasteiger partial charge on any atom is 0.333 e. The van der Waals surface area contributed by atoms with Gasteiger partial charge in [-0.25, -0.2) is 4.79 Å². The van der Waals surface area contributed by atoms with Crippen LogP contribution in [-0.4, -0.2) is 41.7 Å². The maximum absolute atomic E-state index is 12.2. The molecule has 2 heterocycles. The number of benzene rings is 1. The molecule has 0 N–H and O–H groups in total. The summed E-state index contributed by atoms with van der Waals surface area (Å²) in [6, 6.07) is 9.68. The summed E-state index contributed by atoms with van der Waals surface area (Å²) in [6.07, 6.45) is 2.25. The number of carbonyl (C=O) groups excluding carboxylic acids is 3. The summed E-state index contributed by atoms with van der Waals surface area (Å²) in [4.78, 5) is 49.8. The van der Waals surface area contributed by atoms with Crippen molar-refractivity contribution < 1.29 is 23.5 Å². The van der Waals surface area contributed by atoms with E-state index in [0.29, 0.717) is 0 Å². The van der Waals surface area contributed by atoms with E-state index in [0.717, 1.165) is 33.8 Å². The Hall–Kier alpha value is -3.68. The van der Waals surface area contributed by atoms with Crippen molar-refractivity contribution >= 4 is 23.9 Å². The number of imide groups is 2. The molecule has 1 fully saturated rings. The van der Waals surface area contributed by atoms with Crippen LogP contribution < -0.4 is 10.2 Å². The van der Waals surface area contributed by atoms with Gasteiger partial charge < -0.3 is 9.15 Å². The molecule has 3 rings (SSSR count). The predicted octanol–water partition coefficient (Wildman–Crippen LogP) is 1.65. The zero-order valence-electron chi connectivity index (χ0n) is 14.7. The molecule has 8 nitrogen and oxygen atoms in total. The third kappa shape index (κ3) is 3.64. The van der Waals surface area contributed by atoms with E-state index in [1.54, 1.807) is 0 Å². The van der Waals surface area contributed by atoms with Crippen LogP contribution in [0.5, 0.6) is 5.75 Å². The first-order valence-corrected chi connectivity index (χ1v) is 8.00. The average Bonchev–Trinajstić information content (AvgIpc) is 2.68. The van der Waals surface area contributed by atoms with Gasteiger partial charge in [0.1, 0.15) is 24.2 Å². The average molecular weight is 368 g/mol. The molecule has 0 unspecified atom stereocenters. The number of nitrogens with zero attached hydrogens (tertiary/aromatic N) is 2. The highest BCUT2D eigenvalue weighted by Crippen LogP contribution is 2.18. The molecule has 1 saturated heterocycles. The number of urea groups is 1. The van der Waals surface area contributed by atoms with Gasteiger partial charge in [-0.1, -0.05) is 30.3 Å². The largest absolute Gasteiger partial charge is 0.482 e. The molecule has 27 heavy (non-hydrogen) atoms. The standard InChI is InChI=1S/C19H16N2O6/c1-20-17(23)14(18(24)21(2)19(20)25)8-13-9-15(22)16(11-26-13)27-10-12-6-4-3-5-7-12/h3-9,11H,10H2,1-2H3. The summed E-state index contributed by atoms with van der Waals surface area (Å²) >= 11 is 0. The number of rotatable bonds is 4. The minimum atomic E-state index is -0.768. The third-order valence-electron chi connectivity index (χ3n) is 3.99. The van der Waals surface area contributed by atoms with Crippen molar-refractivity contribution in [1.82, 2.24) is 9.80 Å². The highest BCUT2D eigenvalue weighted by Gasteiger charge is 2.38. The summed E-state index contributed by atoms with van der Waals surface area (Å²) in [5.74, 6) is -1.53. The van der Waals surface area contributed by atoms with Crippen LogP contribution in [0.2, 0.25) is 0 Å². The zero-order chi connectivity index (χ0) is 19.6. The van der Waals surface area contributed by atoms with E-state index in [4.69, 9.17) is 9.15 Å². The van der Waals surface area contributed by atoms with E-state index in [-0.39, 0.29) is 23.7 Å². The zero-order valence-corrected chi connectivity index (χ0v) is 14.7. The summed E-state index contributed by atoms with van der Waals surface area (Å²) in [5, 5.41) is 0. The molecule has 0 saturated carbocycles. The Morgan fingerprint density at radius 2 is 1.63 bits per heavy atom. The second-order valence-corrected chi connectivity index (χ2v) is 5.85. The Morgan fingerprint density at radius 3 is 2.22 bits per heavy atom. The Labute approximate surface area is 154 Å². The lowest BCUT2D eigenvalue weighted by atomic mass is 10.1. The molecule has 0 radical (unpaired) electrons. The molecule has 0 atom stereocenters. The fourth-order valence-corrected chi connectivity index (χ4v) is 2.45. The van der Waals surface area contributed by atoms with E-state index in [1.165, 1.54) is 14.1 Å². The number of likely N-dealkylation sites (N-methyl/N-ethyl adjacent to an activating group) is 2. The molecule has 4 amide bonds. The molecule has 138 valence electrons. The van der Waals surface area contributed by atoms with Crippen LogP contribution in [0.3, 0.4) is 0 Å². The van der Waals surface area contributed by atoms with Gasteiger partial charge in [-0.3, -0.25) is 24.2 Å². The molecule has 0 spiro atoms. The summed E-state index contributed by atoms with van der Waals surface area (Å²) < 4.78 is 10.7. The van der Waals surface area contributed by atoms with Crippen molar-refractivity contribution in [2.75, 3.05) is 14.1 Å². The molecule has 0 aliphatic carbocycles. The Kier molecular flexibility index (Phi) is 4.89. The normalized spacial score (nSPS) is 14.6. The van der Waals surface area contributed by atoms with Crippen molar-refractivity contribution in [1.29, 1.82) is 0 Å². The van der Waals surface area contributed by atoms with Crippen LogP contribution in [0.25, 0.3) is 6.08 Å². The summed E-state index contributed by atoms with van der Waals surface area (Å²) in [5.41, 5.74) is 0.149. The van der Waals surface area contributed by atoms with Crippen molar-refractivity contribution in [2.24, 2.45) is 0 Å². The number of carbonyl (C=O) groups is 3. The summed E-state index contributed by atoms with van der Waals surface area (Å²) in [7, 11) is 2.52. The number of hydrogen-bond acceptors (Lipinski definition) is 6. The first kappa shape index (κ1) is 18.1. The van der Waals surface area contributed by atoms with E-state index >= 15 is 0 Å². The highest BCUT2D eigenvalue weighted by molar-refractivity contribution is 6.30. The monoisotopic (exact) mass is 368 g/mol. The van der Waals surface area contributed by atoms with Crippen LogP contribution in [0.15, 0.2) is 57.4 Å². The van der Waals surface area contributed by atoms with Gasteiger partial charge >= 0.3 is 6.03 Å². The first-order chi connectivity index (χ1) is 12.9. The number of barbiturate groups is 1. The summed E-state index contributed by atoms with van der Waals surface area (Å²) in [6.45, 7) is 0.195.